The van der Waals surface area contributed by atoms with Crippen molar-refractivity contribution in [3.8, 4) is 0 Å². The molecule has 1 spiro atoms. The molecule has 0 aromatic heterocycles. The normalized spacial score (nSPS) is 39.2. The minimum Gasteiger partial charge on any atom is -0.393 e. The Hall–Kier alpha value is -0.120. The summed E-state index contributed by atoms with van der Waals surface area (Å²) >= 11 is 0. The van der Waals surface area contributed by atoms with Crippen molar-refractivity contribution in [1.82, 2.24) is 4.90 Å². The van der Waals surface area contributed by atoms with Gasteiger partial charge in [0, 0.05) is 25.9 Å². The summed E-state index contributed by atoms with van der Waals surface area (Å²) in [5.74, 6) is 0. The summed E-state index contributed by atoms with van der Waals surface area (Å²) in [5, 5.41) is 9.15. The fraction of sp³-hybridized carbons (Fsp3) is 1.00. The largest absolute Gasteiger partial charge is 0.393 e. The quantitative estimate of drug-likeness (QED) is 0.611. The van der Waals surface area contributed by atoms with E-state index in [1.807, 2.05) is 13.8 Å². The highest BCUT2D eigenvalue weighted by Gasteiger charge is 2.46. The maximum Gasteiger partial charge on any atom is 0.0858 e. The third-order valence-electron chi connectivity index (χ3n) is 2.65. The van der Waals surface area contributed by atoms with Crippen molar-refractivity contribution in [3.63, 3.8) is 0 Å². The summed E-state index contributed by atoms with van der Waals surface area (Å²) in [7, 11) is 2.11. The third-order valence-corrected chi connectivity index (χ3v) is 2.65. The Morgan fingerprint density at radius 1 is 1.38 bits per heavy atom. The minimum atomic E-state index is -0.110. The lowest BCUT2D eigenvalue weighted by Gasteiger charge is -2.49. The molecule has 0 aromatic carbocycles. The van der Waals surface area contributed by atoms with Gasteiger partial charge in [-0.2, -0.15) is 0 Å². The lowest BCUT2D eigenvalue weighted by Crippen LogP contribution is -2.59. The van der Waals surface area contributed by atoms with Crippen molar-refractivity contribution < 1.29 is 9.84 Å². The van der Waals surface area contributed by atoms with E-state index < -0.39 is 0 Å². The fourth-order valence-corrected chi connectivity index (χ4v) is 2.08. The SMILES string of the molecule is CC.CN1CCOC2(CC(O)C2)C1. The zero-order chi connectivity index (χ0) is 9.90. The molecule has 1 saturated heterocycles. The van der Waals surface area contributed by atoms with Gasteiger partial charge in [-0.1, -0.05) is 13.8 Å². The lowest BCUT2D eigenvalue weighted by atomic mass is 9.76. The van der Waals surface area contributed by atoms with Crippen LogP contribution in [-0.4, -0.2) is 48.5 Å². The fourth-order valence-electron chi connectivity index (χ4n) is 2.08. The molecule has 1 aliphatic heterocycles. The maximum atomic E-state index is 9.15. The molecule has 0 amide bonds. The number of aliphatic hydroxyl groups is 1. The molecular formula is C10H21NO2. The molecule has 0 atom stereocenters. The van der Waals surface area contributed by atoms with E-state index in [1.54, 1.807) is 0 Å². The van der Waals surface area contributed by atoms with Gasteiger partial charge in [-0.15, -0.1) is 0 Å². The third kappa shape index (κ3) is 2.42. The van der Waals surface area contributed by atoms with Gasteiger partial charge in [0.2, 0.25) is 0 Å². The van der Waals surface area contributed by atoms with E-state index in [-0.39, 0.29) is 11.7 Å². The number of aliphatic hydroxyl groups excluding tert-OH is 1. The zero-order valence-corrected chi connectivity index (χ0v) is 8.92. The number of ether oxygens (including phenoxy) is 1. The van der Waals surface area contributed by atoms with Crippen molar-refractivity contribution in [2.24, 2.45) is 0 Å². The highest BCUT2D eigenvalue weighted by Crippen LogP contribution is 2.37. The number of hydrogen-bond acceptors (Lipinski definition) is 3. The molecule has 78 valence electrons. The van der Waals surface area contributed by atoms with Crippen LogP contribution in [0.15, 0.2) is 0 Å². The number of hydrogen-bond donors (Lipinski definition) is 1. The summed E-state index contributed by atoms with van der Waals surface area (Å²) in [6.07, 6.45) is 1.55. The molecule has 0 unspecified atom stereocenters. The summed E-state index contributed by atoms with van der Waals surface area (Å²) < 4.78 is 5.64. The van der Waals surface area contributed by atoms with Crippen LogP contribution in [0.4, 0.5) is 0 Å². The molecule has 1 heterocycles. The Balaban J connectivity index is 0.000000396. The van der Waals surface area contributed by atoms with Crippen molar-refractivity contribution in [2.45, 2.75) is 38.4 Å². The second kappa shape index (κ2) is 4.40. The first-order valence-corrected chi connectivity index (χ1v) is 5.21. The molecule has 3 nitrogen and oxygen atoms in total. The highest BCUT2D eigenvalue weighted by molar-refractivity contribution is 4.99. The molecule has 13 heavy (non-hydrogen) atoms. The van der Waals surface area contributed by atoms with Crippen LogP contribution in [0.2, 0.25) is 0 Å². The van der Waals surface area contributed by atoms with Gasteiger partial charge in [-0.3, -0.25) is 0 Å². The first-order chi connectivity index (χ1) is 6.20. The predicted octanol–water partition coefficient (Wildman–Crippen LogP) is 0.868. The number of morpholine rings is 1. The van der Waals surface area contributed by atoms with Crippen molar-refractivity contribution >= 4 is 0 Å². The van der Waals surface area contributed by atoms with E-state index in [0.29, 0.717) is 0 Å². The zero-order valence-electron chi connectivity index (χ0n) is 8.92. The van der Waals surface area contributed by atoms with E-state index in [9.17, 15) is 0 Å². The van der Waals surface area contributed by atoms with E-state index in [0.717, 1.165) is 32.5 Å². The molecule has 2 rings (SSSR count). The van der Waals surface area contributed by atoms with Gasteiger partial charge < -0.3 is 14.7 Å². The Labute approximate surface area is 80.7 Å². The molecule has 2 fully saturated rings. The number of nitrogens with zero attached hydrogens (tertiary/aromatic N) is 1. The van der Waals surface area contributed by atoms with E-state index in [4.69, 9.17) is 9.84 Å². The Bertz CT molecular complexity index is 149. The smallest absolute Gasteiger partial charge is 0.0858 e. The van der Waals surface area contributed by atoms with Crippen molar-refractivity contribution in [1.29, 1.82) is 0 Å². The topological polar surface area (TPSA) is 32.7 Å². The van der Waals surface area contributed by atoms with Crippen LogP contribution < -0.4 is 0 Å². The minimum absolute atomic E-state index is 0.0203. The second-order valence-electron chi connectivity index (χ2n) is 3.83. The van der Waals surface area contributed by atoms with E-state index in [2.05, 4.69) is 11.9 Å². The summed E-state index contributed by atoms with van der Waals surface area (Å²) in [5.41, 5.74) is 0.0203. The maximum absolute atomic E-state index is 9.15. The highest BCUT2D eigenvalue weighted by atomic mass is 16.5. The van der Waals surface area contributed by atoms with Crippen LogP contribution in [0.5, 0.6) is 0 Å². The molecule has 0 aromatic rings. The molecule has 0 bridgehead atoms. The van der Waals surface area contributed by atoms with Crippen LogP contribution >= 0.6 is 0 Å². The molecule has 1 N–H and O–H groups in total. The van der Waals surface area contributed by atoms with E-state index >= 15 is 0 Å². The van der Waals surface area contributed by atoms with Crippen LogP contribution in [0.25, 0.3) is 0 Å². The molecule has 3 heteroatoms. The van der Waals surface area contributed by atoms with Crippen LogP contribution in [0.1, 0.15) is 26.7 Å². The first kappa shape index (κ1) is 11.0. The van der Waals surface area contributed by atoms with Gasteiger partial charge in [0.05, 0.1) is 18.3 Å². The van der Waals surface area contributed by atoms with Gasteiger partial charge >= 0.3 is 0 Å². The number of likely N-dealkylation sites (N-methyl/N-ethyl adjacent to an activating group) is 1. The van der Waals surface area contributed by atoms with Gasteiger partial charge in [0.25, 0.3) is 0 Å². The average molecular weight is 187 g/mol. The lowest BCUT2D eigenvalue weighted by molar-refractivity contribution is -0.188. The summed E-state index contributed by atoms with van der Waals surface area (Å²) in [4.78, 5) is 2.27. The van der Waals surface area contributed by atoms with Crippen LogP contribution in [-0.2, 0) is 4.74 Å². The van der Waals surface area contributed by atoms with Crippen molar-refractivity contribution in [2.75, 3.05) is 26.7 Å². The monoisotopic (exact) mass is 187 g/mol. The second-order valence-corrected chi connectivity index (χ2v) is 3.83. The molecule has 0 radical (unpaired) electrons. The molecule has 2 aliphatic rings. The standard InChI is InChI=1S/C8H15NO2.C2H6/c1-9-2-3-11-8(6-9)4-7(10)5-8;1-2/h7,10H,2-6H2,1H3;1-2H3. The molecule has 1 saturated carbocycles. The van der Waals surface area contributed by atoms with Crippen molar-refractivity contribution in [3.05, 3.63) is 0 Å². The Kier molecular flexibility index (Phi) is 3.71. The van der Waals surface area contributed by atoms with Gasteiger partial charge in [0.15, 0.2) is 0 Å². The summed E-state index contributed by atoms with van der Waals surface area (Å²) in [6.45, 7) is 6.84. The van der Waals surface area contributed by atoms with Gasteiger partial charge in [-0.05, 0) is 7.05 Å². The number of rotatable bonds is 0. The first-order valence-electron chi connectivity index (χ1n) is 5.21. The molecular weight excluding hydrogens is 166 g/mol. The summed E-state index contributed by atoms with van der Waals surface area (Å²) in [6, 6.07) is 0. The van der Waals surface area contributed by atoms with E-state index in [1.165, 1.54) is 0 Å². The Morgan fingerprint density at radius 3 is 2.46 bits per heavy atom. The average Bonchev–Trinajstić information content (AvgIpc) is 2.05. The van der Waals surface area contributed by atoms with Crippen LogP contribution in [0, 0.1) is 0 Å². The Morgan fingerprint density at radius 2 is 2.00 bits per heavy atom. The van der Waals surface area contributed by atoms with Gasteiger partial charge in [-0.25, -0.2) is 0 Å². The predicted molar refractivity (Wildman–Crippen MR) is 52.8 cm³/mol. The van der Waals surface area contributed by atoms with Crippen LogP contribution in [0.3, 0.4) is 0 Å². The van der Waals surface area contributed by atoms with Gasteiger partial charge in [0.1, 0.15) is 0 Å². The molecule has 1 aliphatic carbocycles.